The van der Waals surface area contributed by atoms with Gasteiger partial charge in [-0.1, -0.05) is 0 Å². The summed E-state index contributed by atoms with van der Waals surface area (Å²) in [5.74, 6) is -0.279. The lowest BCUT2D eigenvalue weighted by molar-refractivity contribution is 0.0593. The van der Waals surface area contributed by atoms with Crippen LogP contribution in [0.2, 0.25) is 0 Å². The first kappa shape index (κ1) is 10.6. The summed E-state index contributed by atoms with van der Waals surface area (Å²) in [5, 5.41) is 0. The van der Waals surface area contributed by atoms with Gasteiger partial charge >= 0.3 is 5.97 Å². The maximum Gasteiger partial charge on any atom is 0.356 e. The molecule has 1 aromatic heterocycles. The third-order valence-electron chi connectivity index (χ3n) is 2.60. The molecule has 0 bridgehead atoms. The molecule has 0 saturated heterocycles. The Morgan fingerprint density at radius 3 is 2.81 bits per heavy atom. The Morgan fingerprint density at radius 1 is 1.62 bits per heavy atom. The number of carbonyl (C=O) groups is 2. The van der Waals surface area contributed by atoms with Crippen LogP contribution in [0.1, 0.15) is 45.3 Å². The molecule has 1 aliphatic carbocycles. The number of pyridine rings is 1. The van der Waals surface area contributed by atoms with Crippen molar-refractivity contribution in [3.8, 4) is 0 Å². The minimum Gasteiger partial charge on any atom is -0.464 e. The van der Waals surface area contributed by atoms with E-state index in [1.807, 2.05) is 0 Å². The van der Waals surface area contributed by atoms with Gasteiger partial charge in [-0.3, -0.25) is 4.79 Å². The van der Waals surface area contributed by atoms with Crippen LogP contribution in [0.5, 0.6) is 0 Å². The fraction of sp³-hybridized carbons (Fsp3) is 0.364. The van der Waals surface area contributed by atoms with E-state index in [0.717, 1.165) is 12.8 Å². The molecule has 0 amide bonds. The Hall–Kier alpha value is -1.91. The highest BCUT2D eigenvalue weighted by molar-refractivity contribution is 5.92. The maximum atomic E-state index is 11.3. The second kappa shape index (κ2) is 3.92. The number of rotatable bonds is 3. The van der Waals surface area contributed by atoms with Gasteiger partial charge in [0.1, 0.15) is 0 Å². The number of nitrogens with two attached hydrogens (primary N) is 1. The van der Waals surface area contributed by atoms with Crippen molar-refractivity contribution in [3.05, 3.63) is 23.0 Å². The fourth-order valence-electron chi connectivity index (χ4n) is 1.60. The average Bonchev–Trinajstić information content (AvgIpc) is 3.10. The van der Waals surface area contributed by atoms with Crippen molar-refractivity contribution < 1.29 is 14.3 Å². The van der Waals surface area contributed by atoms with Gasteiger partial charge in [0, 0.05) is 11.6 Å². The van der Waals surface area contributed by atoms with Crippen LogP contribution in [0.4, 0.5) is 5.69 Å². The van der Waals surface area contributed by atoms with Gasteiger partial charge in [-0.05, 0) is 18.9 Å². The zero-order valence-corrected chi connectivity index (χ0v) is 8.90. The Balaban J connectivity index is 2.51. The number of ether oxygens (including phenoxy) is 1. The fourth-order valence-corrected chi connectivity index (χ4v) is 1.60. The van der Waals surface area contributed by atoms with E-state index in [1.54, 1.807) is 0 Å². The van der Waals surface area contributed by atoms with Crippen LogP contribution in [0.3, 0.4) is 0 Å². The molecule has 1 heterocycles. The van der Waals surface area contributed by atoms with Crippen LogP contribution in [-0.2, 0) is 4.74 Å². The second-order valence-electron chi connectivity index (χ2n) is 3.78. The molecule has 0 aromatic carbocycles. The van der Waals surface area contributed by atoms with Gasteiger partial charge in [0.2, 0.25) is 0 Å². The summed E-state index contributed by atoms with van der Waals surface area (Å²) in [7, 11) is 1.28. The normalized spacial score (nSPS) is 14.6. The van der Waals surface area contributed by atoms with Gasteiger partial charge in [0.15, 0.2) is 12.0 Å². The molecule has 1 aromatic rings. The van der Waals surface area contributed by atoms with Crippen LogP contribution in [0, 0.1) is 0 Å². The first-order valence-corrected chi connectivity index (χ1v) is 5.01. The maximum absolute atomic E-state index is 11.3. The van der Waals surface area contributed by atoms with Gasteiger partial charge in [0.25, 0.3) is 0 Å². The summed E-state index contributed by atoms with van der Waals surface area (Å²) in [5.41, 5.74) is 7.18. The molecule has 1 fully saturated rings. The van der Waals surface area contributed by atoms with Gasteiger partial charge < -0.3 is 10.5 Å². The standard InChI is InChI=1S/C11H12N2O3/c1-16-11(15)9-4-8(12)7(5-14)10(13-9)6-2-3-6/h4-6H,2-3H2,1H3,(H2,12,13). The molecule has 0 spiro atoms. The number of carbonyl (C=O) groups excluding carboxylic acids is 2. The number of aldehydes is 1. The van der Waals surface area contributed by atoms with E-state index in [-0.39, 0.29) is 17.3 Å². The Morgan fingerprint density at radius 2 is 2.31 bits per heavy atom. The van der Waals surface area contributed by atoms with Crippen molar-refractivity contribution in [2.24, 2.45) is 0 Å². The van der Waals surface area contributed by atoms with Crippen molar-refractivity contribution in [2.75, 3.05) is 12.8 Å². The smallest absolute Gasteiger partial charge is 0.356 e. The summed E-state index contributed by atoms with van der Waals surface area (Å²) in [6.07, 6.45) is 2.66. The molecule has 2 rings (SSSR count). The zero-order chi connectivity index (χ0) is 11.7. The summed E-state index contributed by atoms with van der Waals surface area (Å²) < 4.78 is 4.57. The van der Waals surface area contributed by atoms with Gasteiger partial charge in [-0.25, -0.2) is 9.78 Å². The molecule has 84 valence electrons. The average molecular weight is 220 g/mol. The first-order chi connectivity index (χ1) is 7.67. The third kappa shape index (κ3) is 1.76. The zero-order valence-electron chi connectivity index (χ0n) is 8.90. The van der Waals surface area contributed by atoms with Crippen molar-refractivity contribution >= 4 is 17.9 Å². The van der Waals surface area contributed by atoms with Gasteiger partial charge in [0.05, 0.1) is 18.4 Å². The number of nitrogen functional groups attached to an aromatic ring is 1. The van der Waals surface area contributed by atoms with E-state index in [2.05, 4.69) is 9.72 Å². The molecular weight excluding hydrogens is 208 g/mol. The monoisotopic (exact) mass is 220 g/mol. The van der Waals surface area contributed by atoms with Crippen LogP contribution in [0.25, 0.3) is 0 Å². The van der Waals surface area contributed by atoms with Gasteiger partial charge in [-0.2, -0.15) is 0 Å². The van der Waals surface area contributed by atoms with Crippen LogP contribution in [0.15, 0.2) is 6.07 Å². The number of methoxy groups -OCH3 is 1. The van der Waals surface area contributed by atoms with E-state index in [4.69, 9.17) is 5.73 Å². The molecule has 5 heteroatoms. The first-order valence-electron chi connectivity index (χ1n) is 5.01. The number of esters is 1. The lowest BCUT2D eigenvalue weighted by Crippen LogP contribution is -2.10. The van der Waals surface area contributed by atoms with E-state index in [9.17, 15) is 9.59 Å². The number of anilines is 1. The number of hydrogen-bond acceptors (Lipinski definition) is 5. The second-order valence-corrected chi connectivity index (χ2v) is 3.78. The highest BCUT2D eigenvalue weighted by Gasteiger charge is 2.29. The summed E-state index contributed by atoms with van der Waals surface area (Å²) in [6, 6.07) is 1.38. The quantitative estimate of drug-likeness (QED) is 0.610. The molecule has 1 saturated carbocycles. The Labute approximate surface area is 92.6 Å². The predicted molar refractivity (Wildman–Crippen MR) is 57.4 cm³/mol. The minimum atomic E-state index is -0.536. The molecular formula is C11H12N2O3. The third-order valence-corrected chi connectivity index (χ3v) is 2.60. The molecule has 16 heavy (non-hydrogen) atoms. The summed E-state index contributed by atoms with van der Waals surface area (Å²) >= 11 is 0. The molecule has 0 radical (unpaired) electrons. The Kier molecular flexibility index (Phi) is 2.60. The predicted octanol–water partition coefficient (Wildman–Crippen LogP) is 1.14. The SMILES string of the molecule is COC(=O)c1cc(N)c(C=O)c(C2CC2)n1. The minimum absolute atomic E-state index is 0.160. The Bertz CT molecular complexity index is 453. The van der Waals surface area contributed by atoms with Crippen molar-refractivity contribution in [1.82, 2.24) is 4.98 Å². The molecule has 0 atom stereocenters. The van der Waals surface area contributed by atoms with Crippen LogP contribution < -0.4 is 5.73 Å². The summed E-state index contributed by atoms with van der Waals surface area (Å²) in [6.45, 7) is 0. The molecule has 5 nitrogen and oxygen atoms in total. The highest BCUT2D eigenvalue weighted by Crippen LogP contribution is 2.41. The molecule has 1 aliphatic rings. The van der Waals surface area contributed by atoms with Crippen molar-refractivity contribution in [3.63, 3.8) is 0 Å². The largest absolute Gasteiger partial charge is 0.464 e. The summed E-state index contributed by atoms with van der Waals surface area (Å²) in [4.78, 5) is 26.4. The van der Waals surface area contributed by atoms with Crippen molar-refractivity contribution in [1.29, 1.82) is 0 Å². The van der Waals surface area contributed by atoms with Crippen LogP contribution in [-0.4, -0.2) is 24.3 Å². The lowest BCUT2D eigenvalue weighted by atomic mass is 10.1. The highest BCUT2D eigenvalue weighted by atomic mass is 16.5. The number of hydrogen-bond donors (Lipinski definition) is 1. The lowest BCUT2D eigenvalue weighted by Gasteiger charge is -2.08. The van der Waals surface area contributed by atoms with Crippen LogP contribution >= 0.6 is 0 Å². The topological polar surface area (TPSA) is 82.3 Å². The number of nitrogens with zero attached hydrogens (tertiary/aromatic N) is 1. The van der Waals surface area contributed by atoms with Crippen molar-refractivity contribution in [2.45, 2.75) is 18.8 Å². The van der Waals surface area contributed by atoms with E-state index >= 15 is 0 Å². The molecule has 0 aliphatic heterocycles. The van der Waals surface area contributed by atoms with E-state index < -0.39 is 5.97 Å². The number of aromatic nitrogens is 1. The van der Waals surface area contributed by atoms with E-state index in [1.165, 1.54) is 13.2 Å². The van der Waals surface area contributed by atoms with E-state index in [0.29, 0.717) is 17.5 Å². The molecule has 2 N–H and O–H groups in total. The molecule has 0 unspecified atom stereocenters. The van der Waals surface area contributed by atoms with Gasteiger partial charge in [-0.15, -0.1) is 0 Å².